The topological polar surface area (TPSA) is 69.7 Å². The van der Waals surface area contributed by atoms with Gasteiger partial charge < -0.3 is 14.2 Å². The van der Waals surface area contributed by atoms with Gasteiger partial charge in [0.2, 0.25) is 0 Å². The monoisotopic (exact) mass is 400 g/mol. The molecule has 8 heteroatoms. The molecule has 1 N–H and O–H groups in total. The molecule has 3 rings (SSSR count). The molecule has 0 bridgehead atoms. The molecule has 0 saturated carbocycles. The predicted molar refractivity (Wildman–Crippen MR) is 92.3 cm³/mol. The average molecular weight is 401 g/mol. The fraction of sp³-hybridized carbons (Fsp3) is 0.467. The number of aromatic nitrogens is 1. The molecule has 1 fully saturated rings. The van der Waals surface area contributed by atoms with Gasteiger partial charge in [0.25, 0.3) is 5.91 Å². The summed E-state index contributed by atoms with van der Waals surface area (Å²) >= 11 is 4.83. The number of nitrogens with one attached hydrogen (secondary N) is 1. The van der Waals surface area contributed by atoms with Gasteiger partial charge in [-0.1, -0.05) is 27.3 Å². The molecular formula is C15H17BrN2O4S. The Morgan fingerprint density at radius 2 is 2.43 bits per heavy atom. The molecular weight excluding hydrogens is 384 g/mol. The van der Waals surface area contributed by atoms with Crippen LogP contribution >= 0.6 is 27.3 Å². The second-order valence-corrected chi connectivity index (χ2v) is 7.12. The molecule has 1 aliphatic rings. The van der Waals surface area contributed by atoms with Gasteiger partial charge in [-0.25, -0.2) is 4.98 Å². The van der Waals surface area contributed by atoms with Gasteiger partial charge in [0.15, 0.2) is 5.13 Å². The summed E-state index contributed by atoms with van der Waals surface area (Å²) in [7, 11) is 1.59. The van der Waals surface area contributed by atoms with E-state index in [0.29, 0.717) is 17.5 Å². The van der Waals surface area contributed by atoms with Crippen LogP contribution in [0.3, 0.4) is 0 Å². The zero-order valence-electron chi connectivity index (χ0n) is 12.6. The van der Waals surface area contributed by atoms with Gasteiger partial charge in [0, 0.05) is 11.1 Å². The number of carbonyl (C=O) groups excluding carboxylic acids is 1. The summed E-state index contributed by atoms with van der Waals surface area (Å²) in [6.07, 6.45) is 2.17. The fourth-order valence-corrected chi connectivity index (χ4v) is 3.92. The number of thiazole rings is 1. The zero-order valence-corrected chi connectivity index (χ0v) is 15.0. The van der Waals surface area contributed by atoms with Crippen LogP contribution in [0.2, 0.25) is 0 Å². The van der Waals surface area contributed by atoms with E-state index in [1.807, 2.05) is 12.1 Å². The first-order valence-electron chi connectivity index (χ1n) is 7.29. The molecule has 1 amide bonds. The van der Waals surface area contributed by atoms with Crippen molar-refractivity contribution < 1.29 is 19.0 Å². The Hall–Kier alpha value is -1.22. The van der Waals surface area contributed by atoms with Crippen LogP contribution < -0.4 is 10.1 Å². The van der Waals surface area contributed by atoms with Crippen molar-refractivity contribution in [2.45, 2.75) is 18.9 Å². The van der Waals surface area contributed by atoms with Gasteiger partial charge in [-0.05, 0) is 25.0 Å². The van der Waals surface area contributed by atoms with Crippen LogP contribution in [0.1, 0.15) is 12.8 Å². The Morgan fingerprint density at radius 3 is 3.17 bits per heavy atom. The number of fused-ring (bicyclic) bond motifs is 1. The van der Waals surface area contributed by atoms with E-state index in [2.05, 4.69) is 26.2 Å². The highest BCUT2D eigenvalue weighted by Crippen LogP contribution is 2.35. The summed E-state index contributed by atoms with van der Waals surface area (Å²) in [4.78, 5) is 16.3. The standard InChI is InChI=1S/C15H17BrN2O4S/c1-20-11-5-9(16)6-12-14(11)18-15(23-12)17-13(19)8-21-7-10-3-2-4-22-10/h5-6,10H,2-4,7-8H2,1H3,(H,17,18,19). The number of nitrogens with zero attached hydrogens (tertiary/aromatic N) is 1. The van der Waals surface area contributed by atoms with E-state index in [-0.39, 0.29) is 18.6 Å². The van der Waals surface area contributed by atoms with Crippen LogP contribution in [0, 0.1) is 0 Å². The van der Waals surface area contributed by atoms with Crippen molar-refractivity contribution in [2.75, 3.05) is 32.2 Å². The largest absolute Gasteiger partial charge is 0.494 e. The van der Waals surface area contributed by atoms with Gasteiger partial charge >= 0.3 is 0 Å². The first-order chi connectivity index (χ1) is 11.2. The minimum Gasteiger partial charge on any atom is -0.494 e. The van der Waals surface area contributed by atoms with Crippen molar-refractivity contribution in [3.05, 3.63) is 16.6 Å². The number of ether oxygens (including phenoxy) is 3. The summed E-state index contributed by atoms with van der Waals surface area (Å²) in [6, 6.07) is 3.79. The smallest absolute Gasteiger partial charge is 0.252 e. The SMILES string of the molecule is COc1cc(Br)cc2sc(NC(=O)COCC3CCCO3)nc12. The third kappa shape index (κ3) is 4.20. The van der Waals surface area contributed by atoms with Crippen LogP contribution in [-0.4, -0.2) is 43.9 Å². The number of carbonyl (C=O) groups is 1. The molecule has 1 saturated heterocycles. The molecule has 23 heavy (non-hydrogen) atoms. The van der Waals surface area contributed by atoms with E-state index in [4.69, 9.17) is 14.2 Å². The maximum atomic E-state index is 11.9. The molecule has 6 nitrogen and oxygen atoms in total. The molecule has 2 aromatic rings. The van der Waals surface area contributed by atoms with E-state index in [1.165, 1.54) is 11.3 Å². The number of benzene rings is 1. The van der Waals surface area contributed by atoms with Gasteiger partial charge in [-0.15, -0.1) is 0 Å². The van der Waals surface area contributed by atoms with E-state index < -0.39 is 0 Å². The van der Waals surface area contributed by atoms with E-state index >= 15 is 0 Å². The Morgan fingerprint density at radius 1 is 1.57 bits per heavy atom. The normalized spacial score (nSPS) is 17.6. The van der Waals surface area contributed by atoms with Crippen LogP contribution in [0.15, 0.2) is 16.6 Å². The van der Waals surface area contributed by atoms with Crippen molar-refractivity contribution >= 4 is 48.5 Å². The second-order valence-electron chi connectivity index (χ2n) is 5.17. The Balaban J connectivity index is 1.58. The Labute approximate surface area is 146 Å². The molecule has 0 aliphatic carbocycles. The van der Waals surface area contributed by atoms with E-state index in [9.17, 15) is 4.79 Å². The summed E-state index contributed by atoms with van der Waals surface area (Å²) < 4.78 is 18.0. The molecule has 0 radical (unpaired) electrons. The molecule has 2 heterocycles. The first kappa shape index (κ1) is 16.6. The number of methoxy groups -OCH3 is 1. The van der Waals surface area contributed by atoms with E-state index in [0.717, 1.165) is 34.1 Å². The maximum Gasteiger partial charge on any atom is 0.252 e. The summed E-state index contributed by atoms with van der Waals surface area (Å²) in [5.41, 5.74) is 0.733. The van der Waals surface area contributed by atoms with Crippen LogP contribution in [0.5, 0.6) is 5.75 Å². The molecule has 1 atom stereocenters. The third-order valence-corrected chi connectivity index (χ3v) is 4.83. The molecule has 1 aliphatic heterocycles. The van der Waals surface area contributed by atoms with Crippen molar-refractivity contribution in [2.24, 2.45) is 0 Å². The summed E-state index contributed by atoms with van der Waals surface area (Å²) in [5.74, 6) is 0.445. The lowest BCUT2D eigenvalue weighted by Crippen LogP contribution is -2.22. The summed E-state index contributed by atoms with van der Waals surface area (Å²) in [5, 5.41) is 3.29. The van der Waals surface area contributed by atoms with Crippen LogP contribution in [-0.2, 0) is 14.3 Å². The maximum absolute atomic E-state index is 11.9. The number of hydrogen-bond acceptors (Lipinski definition) is 6. The average Bonchev–Trinajstić information content (AvgIpc) is 3.15. The quantitative estimate of drug-likeness (QED) is 0.805. The highest BCUT2D eigenvalue weighted by molar-refractivity contribution is 9.10. The molecule has 124 valence electrons. The van der Waals surface area contributed by atoms with Gasteiger partial charge in [0.05, 0.1) is 24.5 Å². The zero-order chi connectivity index (χ0) is 16.2. The molecule has 1 unspecified atom stereocenters. The molecule has 1 aromatic heterocycles. The Kier molecular flexibility index (Phi) is 5.47. The first-order valence-corrected chi connectivity index (χ1v) is 8.90. The van der Waals surface area contributed by atoms with Gasteiger partial charge in [-0.3, -0.25) is 10.1 Å². The van der Waals surface area contributed by atoms with E-state index in [1.54, 1.807) is 7.11 Å². The number of hydrogen-bond donors (Lipinski definition) is 1. The van der Waals surface area contributed by atoms with Crippen molar-refractivity contribution in [3.63, 3.8) is 0 Å². The second kappa shape index (κ2) is 7.57. The van der Waals surface area contributed by atoms with Crippen molar-refractivity contribution in [1.82, 2.24) is 4.98 Å². The number of halogens is 1. The number of rotatable bonds is 6. The minimum atomic E-state index is -0.222. The number of anilines is 1. The molecule has 0 spiro atoms. The lowest BCUT2D eigenvalue weighted by molar-refractivity contribution is -0.121. The Bertz CT molecular complexity index is 700. The van der Waals surface area contributed by atoms with Crippen LogP contribution in [0.25, 0.3) is 10.2 Å². The summed E-state index contributed by atoms with van der Waals surface area (Å²) in [6.45, 7) is 1.23. The molecule has 1 aromatic carbocycles. The number of amides is 1. The highest BCUT2D eigenvalue weighted by Gasteiger charge is 2.17. The van der Waals surface area contributed by atoms with Crippen molar-refractivity contribution in [3.8, 4) is 5.75 Å². The fourth-order valence-electron chi connectivity index (χ4n) is 2.39. The van der Waals surface area contributed by atoms with Gasteiger partial charge in [-0.2, -0.15) is 0 Å². The highest BCUT2D eigenvalue weighted by atomic mass is 79.9. The lowest BCUT2D eigenvalue weighted by Gasteiger charge is -2.09. The van der Waals surface area contributed by atoms with Crippen LogP contribution in [0.4, 0.5) is 5.13 Å². The third-order valence-electron chi connectivity index (χ3n) is 3.45. The minimum absolute atomic E-state index is 0.00336. The lowest BCUT2D eigenvalue weighted by atomic mass is 10.2. The van der Waals surface area contributed by atoms with Gasteiger partial charge in [0.1, 0.15) is 17.9 Å². The predicted octanol–water partition coefficient (Wildman–Crippen LogP) is 3.20. The van der Waals surface area contributed by atoms with Crippen molar-refractivity contribution in [1.29, 1.82) is 0 Å².